The highest BCUT2D eigenvalue weighted by Gasteiger charge is 2.19. The highest BCUT2D eigenvalue weighted by molar-refractivity contribution is 6.32. The van der Waals surface area contributed by atoms with Crippen LogP contribution in [0.1, 0.15) is 19.4 Å². The molecule has 0 aromatic heterocycles. The molecule has 0 amide bonds. The zero-order chi connectivity index (χ0) is 17.4. The standard InChI is InChI=1S/C16H15ClN2O4/c1-4-22-16(20)10(2)23-15-7-13(17)12(6-14(15)21-3)5-11(8-18)9-19/h5-7,10H,4H2,1-3H3. The van der Waals surface area contributed by atoms with E-state index in [0.717, 1.165) is 0 Å². The summed E-state index contributed by atoms with van der Waals surface area (Å²) in [7, 11) is 1.42. The number of carbonyl (C=O) groups excluding carboxylic acids is 1. The van der Waals surface area contributed by atoms with E-state index in [-0.39, 0.29) is 23.0 Å². The van der Waals surface area contributed by atoms with Gasteiger partial charge in [-0.3, -0.25) is 0 Å². The normalized spacial score (nSPS) is 10.7. The average molecular weight is 335 g/mol. The molecule has 0 aliphatic rings. The summed E-state index contributed by atoms with van der Waals surface area (Å²) in [6.07, 6.45) is 0.499. The molecule has 1 unspecified atom stereocenters. The molecule has 1 rings (SSSR count). The Morgan fingerprint density at radius 2 is 2.00 bits per heavy atom. The number of benzene rings is 1. The van der Waals surface area contributed by atoms with Crippen molar-refractivity contribution in [3.63, 3.8) is 0 Å². The number of hydrogen-bond acceptors (Lipinski definition) is 6. The molecule has 7 heteroatoms. The van der Waals surface area contributed by atoms with Crippen LogP contribution in [-0.2, 0) is 9.53 Å². The molecular weight excluding hydrogens is 320 g/mol. The van der Waals surface area contributed by atoms with Gasteiger partial charge in [-0.15, -0.1) is 0 Å². The van der Waals surface area contributed by atoms with Crippen molar-refractivity contribution < 1.29 is 19.0 Å². The van der Waals surface area contributed by atoms with Gasteiger partial charge in [0.1, 0.15) is 17.7 Å². The van der Waals surface area contributed by atoms with Crippen molar-refractivity contribution in [1.29, 1.82) is 10.5 Å². The summed E-state index contributed by atoms with van der Waals surface area (Å²) >= 11 is 6.13. The molecule has 1 atom stereocenters. The molecule has 1 aromatic rings. The van der Waals surface area contributed by atoms with Gasteiger partial charge in [-0.25, -0.2) is 4.79 Å². The van der Waals surface area contributed by atoms with E-state index in [1.54, 1.807) is 26.0 Å². The first-order valence-electron chi connectivity index (χ1n) is 6.69. The third-order valence-electron chi connectivity index (χ3n) is 2.75. The lowest BCUT2D eigenvalue weighted by molar-refractivity contribution is -0.150. The van der Waals surface area contributed by atoms with Crippen LogP contribution in [0.15, 0.2) is 17.7 Å². The van der Waals surface area contributed by atoms with Gasteiger partial charge < -0.3 is 14.2 Å². The zero-order valence-corrected chi connectivity index (χ0v) is 13.7. The van der Waals surface area contributed by atoms with E-state index in [4.69, 9.17) is 36.3 Å². The van der Waals surface area contributed by atoms with Gasteiger partial charge in [-0.05, 0) is 31.6 Å². The van der Waals surface area contributed by atoms with Gasteiger partial charge in [0.2, 0.25) is 0 Å². The van der Waals surface area contributed by atoms with Gasteiger partial charge in [0.15, 0.2) is 17.6 Å². The Bertz CT molecular complexity index is 685. The highest BCUT2D eigenvalue weighted by Crippen LogP contribution is 2.35. The van der Waals surface area contributed by atoms with Crippen molar-refractivity contribution in [2.45, 2.75) is 20.0 Å². The molecule has 0 saturated carbocycles. The Labute approximate surface area is 139 Å². The predicted molar refractivity (Wildman–Crippen MR) is 83.9 cm³/mol. The summed E-state index contributed by atoms with van der Waals surface area (Å²) in [5.41, 5.74) is 0.334. The molecule has 0 N–H and O–H groups in total. The number of esters is 1. The number of allylic oxidation sites excluding steroid dienone is 1. The number of rotatable bonds is 6. The summed E-state index contributed by atoms with van der Waals surface area (Å²) < 4.78 is 15.6. The van der Waals surface area contributed by atoms with Crippen molar-refractivity contribution >= 4 is 23.6 Å². The second kappa shape index (κ2) is 8.67. The Morgan fingerprint density at radius 3 is 2.52 bits per heavy atom. The summed E-state index contributed by atoms with van der Waals surface area (Å²) in [6.45, 7) is 3.49. The van der Waals surface area contributed by atoms with Crippen LogP contribution in [0.2, 0.25) is 5.02 Å². The van der Waals surface area contributed by atoms with Crippen LogP contribution in [0.25, 0.3) is 6.08 Å². The van der Waals surface area contributed by atoms with Gasteiger partial charge >= 0.3 is 5.97 Å². The lowest BCUT2D eigenvalue weighted by Crippen LogP contribution is -2.26. The van der Waals surface area contributed by atoms with E-state index in [0.29, 0.717) is 11.3 Å². The summed E-state index contributed by atoms with van der Waals surface area (Å²) in [5, 5.41) is 17.8. The van der Waals surface area contributed by atoms with Crippen LogP contribution in [0.3, 0.4) is 0 Å². The molecule has 0 aliphatic carbocycles. The van der Waals surface area contributed by atoms with Crippen molar-refractivity contribution in [1.82, 2.24) is 0 Å². The van der Waals surface area contributed by atoms with Crippen molar-refractivity contribution in [2.75, 3.05) is 13.7 Å². The molecule has 0 fully saturated rings. The van der Waals surface area contributed by atoms with E-state index in [1.807, 2.05) is 0 Å². The fraction of sp³-hybridized carbons (Fsp3) is 0.312. The number of nitriles is 2. The Balaban J connectivity index is 3.16. The topological polar surface area (TPSA) is 92.3 Å². The van der Waals surface area contributed by atoms with Crippen LogP contribution < -0.4 is 9.47 Å². The second-order valence-electron chi connectivity index (χ2n) is 4.32. The molecule has 0 spiro atoms. The maximum Gasteiger partial charge on any atom is 0.347 e. The maximum atomic E-state index is 11.6. The van der Waals surface area contributed by atoms with Crippen LogP contribution >= 0.6 is 11.6 Å². The van der Waals surface area contributed by atoms with E-state index < -0.39 is 12.1 Å². The lowest BCUT2D eigenvalue weighted by atomic mass is 10.1. The lowest BCUT2D eigenvalue weighted by Gasteiger charge is -2.16. The fourth-order valence-corrected chi connectivity index (χ4v) is 1.86. The van der Waals surface area contributed by atoms with Gasteiger partial charge in [-0.1, -0.05) is 11.6 Å². The quantitative estimate of drug-likeness (QED) is 0.586. The summed E-state index contributed by atoms with van der Waals surface area (Å²) in [4.78, 5) is 11.6. The van der Waals surface area contributed by atoms with Gasteiger partial charge in [0.25, 0.3) is 0 Å². The molecule has 0 radical (unpaired) electrons. The van der Waals surface area contributed by atoms with Crippen LogP contribution in [0, 0.1) is 22.7 Å². The fourth-order valence-electron chi connectivity index (χ4n) is 1.66. The smallest absolute Gasteiger partial charge is 0.347 e. The monoisotopic (exact) mass is 334 g/mol. The first-order valence-corrected chi connectivity index (χ1v) is 7.07. The Kier molecular flexibility index (Phi) is 6.92. The van der Waals surface area contributed by atoms with Gasteiger partial charge in [-0.2, -0.15) is 10.5 Å². The van der Waals surface area contributed by atoms with Crippen molar-refractivity contribution in [2.24, 2.45) is 0 Å². The van der Waals surface area contributed by atoms with Gasteiger partial charge in [0.05, 0.1) is 18.7 Å². The molecule has 1 aromatic carbocycles. The van der Waals surface area contributed by atoms with Crippen LogP contribution in [0.4, 0.5) is 0 Å². The number of carbonyl (C=O) groups is 1. The first kappa shape index (κ1) is 18.3. The van der Waals surface area contributed by atoms with Crippen LogP contribution in [0.5, 0.6) is 11.5 Å². The Hall–Kier alpha value is -2.70. The number of hydrogen-bond donors (Lipinski definition) is 0. The second-order valence-corrected chi connectivity index (χ2v) is 4.73. The van der Waals surface area contributed by atoms with Crippen molar-refractivity contribution in [3.8, 4) is 23.6 Å². The largest absolute Gasteiger partial charge is 0.493 e. The maximum absolute atomic E-state index is 11.6. The SMILES string of the molecule is CCOC(=O)C(C)Oc1cc(Cl)c(C=C(C#N)C#N)cc1OC. The number of ether oxygens (including phenoxy) is 3. The Morgan fingerprint density at radius 1 is 1.35 bits per heavy atom. The molecule has 0 bridgehead atoms. The van der Waals surface area contributed by atoms with E-state index in [9.17, 15) is 4.79 Å². The van der Waals surface area contributed by atoms with E-state index in [2.05, 4.69) is 0 Å². The average Bonchev–Trinajstić information content (AvgIpc) is 2.54. The molecule has 0 saturated heterocycles. The highest BCUT2D eigenvalue weighted by atomic mass is 35.5. The predicted octanol–water partition coefficient (Wildman–Crippen LogP) is 3.11. The molecule has 23 heavy (non-hydrogen) atoms. The number of halogens is 1. The van der Waals surface area contributed by atoms with Crippen molar-refractivity contribution in [3.05, 3.63) is 28.3 Å². The third kappa shape index (κ3) is 4.91. The molecule has 120 valence electrons. The minimum Gasteiger partial charge on any atom is -0.493 e. The third-order valence-corrected chi connectivity index (χ3v) is 3.07. The minimum absolute atomic E-state index is 0.0949. The van der Waals surface area contributed by atoms with Crippen LogP contribution in [-0.4, -0.2) is 25.8 Å². The first-order chi connectivity index (χ1) is 11.0. The van der Waals surface area contributed by atoms with Gasteiger partial charge in [0, 0.05) is 6.07 Å². The number of nitrogens with zero attached hydrogens (tertiary/aromatic N) is 2. The van der Waals surface area contributed by atoms with E-state index in [1.165, 1.54) is 25.3 Å². The zero-order valence-electron chi connectivity index (χ0n) is 12.9. The number of methoxy groups -OCH3 is 1. The molecule has 0 aliphatic heterocycles. The molecule has 0 heterocycles. The molecule has 6 nitrogen and oxygen atoms in total. The van der Waals surface area contributed by atoms with E-state index >= 15 is 0 Å². The summed E-state index contributed by atoms with van der Waals surface area (Å²) in [5.74, 6) is 0.0589. The minimum atomic E-state index is -0.838. The molecular formula is C16H15ClN2O4. The summed E-state index contributed by atoms with van der Waals surface area (Å²) in [6, 6.07) is 6.47.